The zero-order valence-corrected chi connectivity index (χ0v) is 10.1. The summed E-state index contributed by atoms with van der Waals surface area (Å²) in [5, 5.41) is 0. The fourth-order valence-corrected chi connectivity index (χ4v) is 1.51. The molecule has 0 aromatic rings. The molecule has 0 spiro atoms. The van der Waals surface area contributed by atoms with Crippen LogP contribution in [-0.4, -0.2) is 44.3 Å². The topological polar surface area (TPSA) is 54.5 Å². The van der Waals surface area contributed by atoms with E-state index in [1.54, 1.807) is 11.9 Å². The summed E-state index contributed by atoms with van der Waals surface area (Å²) >= 11 is 0. The van der Waals surface area contributed by atoms with Gasteiger partial charge < -0.3 is 4.90 Å². The van der Waals surface area contributed by atoms with E-state index in [0.717, 1.165) is 12.7 Å². The standard InChI is InChI=1S/C9H19NO3S/c1-5-8(2)10(3)9(11)6-7-14(4,12)13/h8H,5-7H2,1-4H3. The first-order valence-corrected chi connectivity index (χ1v) is 6.77. The van der Waals surface area contributed by atoms with Crippen molar-refractivity contribution < 1.29 is 13.2 Å². The Bertz CT molecular complexity index is 284. The van der Waals surface area contributed by atoms with E-state index in [0.29, 0.717) is 0 Å². The van der Waals surface area contributed by atoms with E-state index in [9.17, 15) is 13.2 Å². The second-order valence-electron chi connectivity index (χ2n) is 3.64. The van der Waals surface area contributed by atoms with E-state index >= 15 is 0 Å². The molecule has 0 aliphatic heterocycles. The van der Waals surface area contributed by atoms with Crippen molar-refractivity contribution in [2.45, 2.75) is 32.7 Å². The van der Waals surface area contributed by atoms with Gasteiger partial charge in [0, 0.05) is 25.8 Å². The number of carbonyl (C=O) groups excluding carboxylic acids is 1. The highest BCUT2D eigenvalue weighted by molar-refractivity contribution is 7.90. The van der Waals surface area contributed by atoms with E-state index in [4.69, 9.17) is 0 Å². The molecule has 0 bridgehead atoms. The molecule has 0 saturated heterocycles. The van der Waals surface area contributed by atoms with E-state index in [-0.39, 0.29) is 24.1 Å². The van der Waals surface area contributed by atoms with E-state index in [1.165, 1.54) is 0 Å². The molecule has 0 fully saturated rings. The van der Waals surface area contributed by atoms with Crippen molar-refractivity contribution in [1.82, 2.24) is 4.90 Å². The Kier molecular flexibility index (Phi) is 5.12. The van der Waals surface area contributed by atoms with Crippen LogP contribution in [0, 0.1) is 0 Å². The molecule has 5 heteroatoms. The number of hydrogen-bond acceptors (Lipinski definition) is 3. The lowest BCUT2D eigenvalue weighted by molar-refractivity contribution is -0.131. The molecule has 0 rings (SSSR count). The Morgan fingerprint density at radius 1 is 1.43 bits per heavy atom. The van der Waals surface area contributed by atoms with Crippen LogP contribution in [0.1, 0.15) is 26.7 Å². The van der Waals surface area contributed by atoms with Crippen LogP contribution >= 0.6 is 0 Å². The Hall–Kier alpha value is -0.580. The highest BCUT2D eigenvalue weighted by atomic mass is 32.2. The number of hydrogen-bond donors (Lipinski definition) is 0. The smallest absolute Gasteiger partial charge is 0.223 e. The maximum Gasteiger partial charge on any atom is 0.223 e. The SMILES string of the molecule is CCC(C)N(C)C(=O)CCS(C)(=O)=O. The fourth-order valence-electron chi connectivity index (χ4n) is 0.969. The van der Waals surface area contributed by atoms with Gasteiger partial charge in [0.15, 0.2) is 0 Å². The molecule has 4 nitrogen and oxygen atoms in total. The van der Waals surface area contributed by atoms with Crippen LogP contribution in [0.25, 0.3) is 0 Å². The maximum atomic E-state index is 11.5. The Labute approximate surface area is 86.2 Å². The first-order valence-electron chi connectivity index (χ1n) is 4.71. The van der Waals surface area contributed by atoms with Crippen molar-refractivity contribution in [2.75, 3.05) is 19.1 Å². The van der Waals surface area contributed by atoms with Gasteiger partial charge >= 0.3 is 0 Å². The molecule has 0 N–H and O–H groups in total. The number of sulfone groups is 1. The summed E-state index contributed by atoms with van der Waals surface area (Å²) < 4.78 is 21.7. The minimum Gasteiger partial charge on any atom is -0.343 e. The summed E-state index contributed by atoms with van der Waals surface area (Å²) in [6.07, 6.45) is 2.10. The van der Waals surface area contributed by atoms with Gasteiger partial charge in [-0.1, -0.05) is 6.92 Å². The lowest BCUT2D eigenvalue weighted by Gasteiger charge is -2.23. The van der Waals surface area contributed by atoms with E-state index < -0.39 is 9.84 Å². The van der Waals surface area contributed by atoms with Crippen molar-refractivity contribution in [3.8, 4) is 0 Å². The average Bonchev–Trinajstić information content (AvgIpc) is 2.10. The van der Waals surface area contributed by atoms with Crippen LogP contribution in [0.4, 0.5) is 0 Å². The molecule has 0 aliphatic rings. The van der Waals surface area contributed by atoms with E-state index in [1.807, 2.05) is 13.8 Å². The molecule has 1 atom stereocenters. The monoisotopic (exact) mass is 221 g/mol. The first-order chi connectivity index (χ1) is 6.28. The van der Waals surface area contributed by atoms with Gasteiger partial charge in [0.1, 0.15) is 9.84 Å². The molecule has 14 heavy (non-hydrogen) atoms. The van der Waals surface area contributed by atoms with Crippen molar-refractivity contribution in [1.29, 1.82) is 0 Å². The van der Waals surface area contributed by atoms with Crippen LogP contribution in [0.5, 0.6) is 0 Å². The highest BCUT2D eigenvalue weighted by Gasteiger charge is 2.15. The van der Waals surface area contributed by atoms with Gasteiger partial charge in [-0.25, -0.2) is 8.42 Å². The van der Waals surface area contributed by atoms with Gasteiger partial charge in [-0.05, 0) is 13.3 Å². The Morgan fingerprint density at radius 3 is 2.29 bits per heavy atom. The molecule has 0 radical (unpaired) electrons. The minimum atomic E-state index is -3.03. The third kappa shape index (κ3) is 5.21. The summed E-state index contributed by atoms with van der Waals surface area (Å²) in [6.45, 7) is 3.93. The average molecular weight is 221 g/mol. The zero-order chi connectivity index (χ0) is 11.4. The molecule has 0 aromatic carbocycles. The third-order valence-corrected chi connectivity index (χ3v) is 3.28. The fraction of sp³-hybridized carbons (Fsp3) is 0.889. The molecule has 0 aliphatic carbocycles. The van der Waals surface area contributed by atoms with Crippen LogP contribution < -0.4 is 0 Å². The van der Waals surface area contributed by atoms with Crippen LogP contribution in [0.2, 0.25) is 0 Å². The van der Waals surface area contributed by atoms with Gasteiger partial charge in [-0.2, -0.15) is 0 Å². The zero-order valence-electron chi connectivity index (χ0n) is 9.28. The molecule has 84 valence electrons. The third-order valence-electron chi connectivity index (χ3n) is 2.33. The highest BCUT2D eigenvalue weighted by Crippen LogP contribution is 2.03. The molecule has 1 amide bonds. The number of amides is 1. The van der Waals surface area contributed by atoms with Gasteiger partial charge in [-0.3, -0.25) is 4.79 Å². The molecule has 0 heterocycles. The number of carbonyl (C=O) groups is 1. The van der Waals surface area contributed by atoms with Crippen molar-refractivity contribution in [2.24, 2.45) is 0 Å². The summed E-state index contributed by atoms with van der Waals surface area (Å²) in [7, 11) is -1.33. The van der Waals surface area contributed by atoms with Crippen LogP contribution in [0.3, 0.4) is 0 Å². The predicted octanol–water partition coefficient (Wildman–Crippen LogP) is 0.678. The molecule has 1 unspecified atom stereocenters. The summed E-state index contributed by atoms with van der Waals surface area (Å²) in [6, 6.07) is 0.169. The molecule has 0 saturated carbocycles. The van der Waals surface area contributed by atoms with Crippen molar-refractivity contribution in [3.05, 3.63) is 0 Å². The van der Waals surface area contributed by atoms with Gasteiger partial charge in [0.25, 0.3) is 0 Å². The quantitative estimate of drug-likeness (QED) is 0.686. The molecular formula is C9H19NO3S. The van der Waals surface area contributed by atoms with Crippen molar-refractivity contribution >= 4 is 15.7 Å². The summed E-state index contributed by atoms with van der Waals surface area (Å²) in [5.41, 5.74) is 0. The minimum absolute atomic E-state index is 0.0629. The normalized spacial score (nSPS) is 13.7. The number of nitrogens with zero attached hydrogens (tertiary/aromatic N) is 1. The van der Waals surface area contributed by atoms with Crippen LogP contribution in [0.15, 0.2) is 0 Å². The van der Waals surface area contributed by atoms with E-state index in [2.05, 4.69) is 0 Å². The number of rotatable bonds is 5. The van der Waals surface area contributed by atoms with Crippen molar-refractivity contribution in [3.63, 3.8) is 0 Å². The van der Waals surface area contributed by atoms with Gasteiger partial charge in [-0.15, -0.1) is 0 Å². The second kappa shape index (κ2) is 5.34. The predicted molar refractivity (Wildman–Crippen MR) is 56.9 cm³/mol. The van der Waals surface area contributed by atoms with Crippen LogP contribution in [-0.2, 0) is 14.6 Å². The maximum absolute atomic E-state index is 11.5. The van der Waals surface area contributed by atoms with Gasteiger partial charge in [0.05, 0.1) is 5.75 Å². The lowest BCUT2D eigenvalue weighted by atomic mass is 10.2. The molecular weight excluding hydrogens is 202 g/mol. The summed E-state index contributed by atoms with van der Waals surface area (Å²) in [5.74, 6) is -0.170. The summed E-state index contributed by atoms with van der Waals surface area (Å²) in [4.78, 5) is 13.1. The largest absolute Gasteiger partial charge is 0.343 e. The lowest BCUT2D eigenvalue weighted by Crippen LogP contribution is -2.35. The Morgan fingerprint density at radius 2 is 1.93 bits per heavy atom. The second-order valence-corrected chi connectivity index (χ2v) is 5.90. The van der Waals surface area contributed by atoms with Gasteiger partial charge in [0.2, 0.25) is 5.91 Å². The first kappa shape index (κ1) is 13.4. The Balaban J connectivity index is 4.10. The molecule has 0 aromatic heterocycles.